The molecule has 0 aromatic rings. The highest BCUT2D eigenvalue weighted by Gasteiger charge is 2.35. The number of carbonyl (C=O) groups excluding carboxylic acids is 1. The first kappa shape index (κ1) is 10.9. The van der Waals surface area contributed by atoms with E-state index in [-0.39, 0.29) is 11.9 Å². The third-order valence-corrected chi connectivity index (χ3v) is 3.75. The van der Waals surface area contributed by atoms with Gasteiger partial charge in [-0.15, -0.1) is 0 Å². The second-order valence-electron chi connectivity index (χ2n) is 5.10. The predicted molar refractivity (Wildman–Crippen MR) is 59.4 cm³/mol. The zero-order valence-corrected chi connectivity index (χ0v) is 9.65. The number of likely N-dealkylation sites (tertiary alicyclic amines) is 1. The third kappa shape index (κ3) is 2.16. The van der Waals surface area contributed by atoms with Crippen LogP contribution in [0.4, 0.5) is 0 Å². The van der Waals surface area contributed by atoms with Crippen molar-refractivity contribution in [2.45, 2.75) is 31.3 Å². The summed E-state index contributed by atoms with van der Waals surface area (Å²) >= 11 is 0. The zero-order valence-electron chi connectivity index (χ0n) is 9.65. The van der Waals surface area contributed by atoms with Crippen LogP contribution in [0, 0.1) is 5.92 Å². The van der Waals surface area contributed by atoms with Gasteiger partial charge in [0, 0.05) is 26.2 Å². The first-order chi connectivity index (χ1) is 7.08. The van der Waals surface area contributed by atoms with Crippen LogP contribution in [0.2, 0.25) is 0 Å². The van der Waals surface area contributed by atoms with Crippen molar-refractivity contribution in [1.82, 2.24) is 9.80 Å². The number of carbonyl (C=O) groups is 1. The van der Waals surface area contributed by atoms with Crippen LogP contribution >= 0.6 is 0 Å². The molecule has 0 radical (unpaired) electrons. The van der Waals surface area contributed by atoms with E-state index in [2.05, 4.69) is 11.9 Å². The van der Waals surface area contributed by atoms with Gasteiger partial charge in [0.15, 0.2) is 0 Å². The maximum absolute atomic E-state index is 11.8. The summed E-state index contributed by atoms with van der Waals surface area (Å²) in [6.45, 7) is 1.93. The molecule has 1 aliphatic heterocycles. The Balaban J connectivity index is 1.81. The predicted octanol–water partition coefficient (Wildman–Crippen LogP) is -0.114. The molecule has 2 fully saturated rings. The molecule has 1 saturated carbocycles. The Morgan fingerprint density at radius 2 is 2.20 bits per heavy atom. The highest BCUT2D eigenvalue weighted by Crippen LogP contribution is 2.27. The van der Waals surface area contributed by atoms with E-state index in [1.807, 2.05) is 11.9 Å². The van der Waals surface area contributed by atoms with Gasteiger partial charge in [-0.1, -0.05) is 0 Å². The van der Waals surface area contributed by atoms with E-state index in [1.165, 1.54) is 0 Å². The van der Waals surface area contributed by atoms with Crippen LogP contribution in [0.3, 0.4) is 0 Å². The summed E-state index contributed by atoms with van der Waals surface area (Å²) < 4.78 is 0. The summed E-state index contributed by atoms with van der Waals surface area (Å²) in [5.74, 6) is 0.991. The molecule has 86 valence electrons. The van der Waals surface area contributed by atoms with Gasteiger partial charge in [-0.05, 0) is 32.2 Å². The first-order valence-corrected chi connectivity index (χ1v) is 5.78. The summed E-state index contributed by atoms with van der Waals surface area (Å²) in [5.41, 5.74) is 5.75. The van der Waals surface area contributed by atoms with Crippen molar-refractivity contribution < 1.29 is 4.79 Å². The summed E-state index contributed by atoms with van der Waals surface area (Å²) in [7, 11) is 3.95. The maximum Gasteiger partial charge on any atom is 0.239 e. The third-order valence-electron chi connectivity index (χ3n) is 3.75. The van der Waals surface area contributed by atoms with Gasteiger partial charge in [0.2, 0.25) is 5.91 Å². The second kappa shape index (κ2) is 4.10. The van der Waals surface area contributed by atoms with Gasteiger partial charge in [0.05, 0.1) is 6.04 Å². The van der Waals surface area contributed by atoms with Crippen molar-refractivity contribution in [3.05, 3.63) is 0 Å². The number of hydrogen-bond donors (Lipinski definition) is 1. The number of rotatable bonds is 3. The molecule has 1 unspecified atom stereocenters. The topological polar surface area (TPSA) is 49.6 Å². The highest BCUT2D eigenvalue weighted by atomic mass is 16.2. The number of likely N-dealkylation sites (N-methyl/N-ethyl adjacent to an activating group) is 2. The van der Waals surface area contributed by atoms with Gasteiger partial charge in [-0.3, -0.25) is 9.69 Å². The molecule has 4 heteroatoms. The molecule has 0 aromatic carbocycles. The molecule has 1 amide bonds. The van der Waals surface area contributed by atoms with Gasteiger partial charge in [-0.25, -0.2) is 0 Å². The summed E-state index contributed by atoms with van der Waals surface area (Å²) in [6.07, 6.45) is 3.23. The zero-order chi connectivity index (χ0) is 11.0. The number of hydrogen-bond acceptors (Lipinski definition) is 3. The first-order valence-electron chi connectivity index (χ1n) is 5.78. The van der Waals surface area contributed by atoms with Crippen LogP contribution in [-0.4, -0.2) is 55.0 Å². The minimum atomic E-state index is 0.117. The van der Waals surface area contributed by atoms with E-state index in [0.717, 1.165) is 32.4 Å². The molecule has 0 aromatic heterocycles. The number of nitrogens with two attached hydrogens (primary N) is 1. The van der Waals surface area contributed by atoms with Gasteiger partial charge in [-0.2, -0.15) is 0 Å². The molecule has 2 N–H and O–H groups in total. The van der Waals surface area contributed by atoms with Gasteiger partial charge in [0.25, 0.3) is 0 Å². The van der Waals surface area contributed by atoms with Crippen LogP contribution in [0.1, 0.15) is 19.3 Å². The Morgan fingerprint density at radius 1 is 1.53 bits per heavy atom. The van der Waals surface area contributed by atoms with Crippen molar-refractivity contribution >= 4 is 5.91 Å². The van der Waals surface area contributed by atoms with Crippen molar-refractivity contribution in [2.24, 2.45) is 11.7 Å². The Labute approximate surface area is 91.4 Å². The van der Waals surface area contributed by atoms with Crippen LogP contribution in [0.5, 0.6) is 0 Å². The van der Waals surface area contributed by atoms with Crippen molar-refractivity contribution in [2.75, 3.05) is 27.2 Å². The Kier molecular flexibility index (Phi) is 2.98. The van der Waals surface area contributed by atoms with Crippen molar-refractivity contribution in [3.63, 3.8) is 0 Å². The van der Waals surface area contributed by atoms with E-state index in [4.69, 9.17) is 5.73 Å². The van der Waals surface area contributed by atoms with E-state index in [9.17, 15) is 4.79 Å². The average molecular weight is 211 g/mol. The van der Waals surface area contributed by atoms with Crippen LogP contribution in [0.25, 0.3) is 0 Å². The number of nitrogens with zero attached hydrogens (tertiary/aromatic N) is 2. The van der Waals surface area contributed by atoms with E-state index < -0.39 is 0 Å². The largest absolute Gasteiger partial charge is 0.344 e. The molecule has 0 spiro atoms. The average Bonchev–Trinajstić information content (AvgIpc) is 2.45. The van der Waals surface area contributed by atoms with Crippen molar-refractivity contribution in [1.29, 1.82) is 0 Å². The summed E-state index contributed by atoms with van der Waals surface area (Å²) in [6, 6.07) is 0.525. The van der Waals surface area contributed by atoms with Crippen LogP contribution in [-0.2, 0) is 4.79 Å². The summed E-state index contributed by atoms with van der Waals surface area (Å²) in [5, 5.41) is 0. The minimum absolute atomic E-state index is 0.117. The molecule has 1 saturated heterocycles. The molecule has 4 nitrogen and oxygen atoms in total. The Hall–Kier alpha value is -0.610. The maximum atomic E-state index is 11.8. The molecule has 0 bridgehead atoms. The second-order valence-corrected chi connectivity index (χ2v) is 5.10. The van der Waals surface area contributed by atoms with Crippen molar-refractivity contribution in [3.8, 4) is 0 Å². The van der Waals surface area contributed by atoms with Gasteiger partial charge < -0.3 is 10.6 Å². The van der Waals surface area contributed by atoms with E-state index >= 15 is 0 Å². The Bertz CT molecular complexity index is 250. The lowest BCUT2D eigenvalue weighted by molar-refractivity contribution is -0.130. The number of amides is 1. The lowest BCUT2D eigenvalue weighted by Crippen LogP contribution is -2.46. The fourth-order valence-corrected chi connectivity index (χ4v) is 2.68. The van der Waals surface area contributed by atoms with E-state index in [0.29, 0.717) is 12.0 Å². The van der Waals surface area contributed by atoms with Gasteiger partial charge in [0.1, 0.15) is 0 Å². The summed E-state index contributed by atoms with van der Waals surface area (Å²) in [4.78, 5) is 15.8. The van der Waals surface area contributed by atoms with Crippen LogP contribution in [0.15, 0.2) is 0 Å². The Morgan fingerprint density at radius 3 is 2.67 bits per heavy atom. The fraction of sp³-hybridized carbons (Fsp3) is 0.909. The lowest BCUT2D eigenvalue weighted by atomic mass is 9.80. The smallest absolute Gasteiger partial charge is 0.239 e. The molecule has 1 heterocycles. The molecule has 1 aliphatic carbocycles. The van der Waals surface area contributed by atoms with E-state index in [1.54, 1.807) is 0 Å². The molecule has 2 rings (SSSR count). The normalized spacial score (nSPS) is 36.1. The standard InChI is InChI=1S/C11H21N3O/c1-13-4-3-10(11(13)15)14(2)7-8-5-9(12)6-8/h8-10H,3-7,12H2,1-2H3. The lowest BCUT2D eigenvalue weighted by Gasteiger charge is -2.36. The minimum Gasteiger partial charge on any atom is -0.344 e. The van der Waals surface area contributed by atoms with Gasteiger partial charge >= 0.3 is 0 Å². The van der Waals surface area contributed by atoms with Crippen LogP contribution < -0.4 is 5.73 Å². The quantitative estimate of drug-likeness (QED) is 0.708. The molecular formula is C11H21N3O. The molecular weight excluding hydrogens is 190 g/mol. The monoisotopic (exact) mass is 211 g/mol. The molecule has 2 aliphatic rings. The molecule has 15 heavy (non-hydrogen) atoms. The SMILES string of the molecule is CN1CCC(N(C)CC2CC(N)C2)C1=O. The fourth-order valence-electron chi connectivity index (χ4n) is 2.68. The highest BCUT2D eigenvalue weighted by molar-refractivity contribution is 5.83. The molecule has 1 atom stereocenters.